The third-order valence-corrected chi connectivity index (χ3v) is 10.8. The van der Waals surface area contributed by atoms with Gasteiger partial charge in [-0.15, -0.1) is 0 Å². The van der Waals surface area contributed by atoms with Crippen molar-refractivity contribution in [2.24, 2.45) is 0 Å². The summed E-state index contributed by atoms with van der Waals surface area (Å²) in [5, 5.41) is 6.17. The van der Waals surface area contributed by atoms with Gasteiger partial charge >= 0.3 is 12.1 Å². The number of nitrogens with zero attached hydrogens (tertiary/aromatic N) is 1. The number of carbonyl (C=O) groups is 2. The number of carboxylic acid groups (broad SMARTS) is 1. The fraction of sp³-hybridized carbons (Fsp3) is 0.182. The molecular formula is C33H29F3N4O8S2. The number of benzene rings is 4. The van der Waals surface area contributed by atoms with Crippen molar-refractivity contribution >= 4 is 43.0 Å². The van der Waals surface area contributed by atoms with Gasteiger partial charge in [-0.25, -0.2) is 31.3 Å². The second-order valence-corrected chi connectivity index (χ2v) is 14.7. The first-order valence-corrected chi connectivity index (χ1v) is 17.7. The van der Waals surface area contributed by atoms with Crippen LogP contribution in [-0.4, -0.2) is 57.1 Å². The second kappa shape index (κ2) is 14.3. The molecule has 50 heavy (non-hydrogen) atoms. The van der Waals surface area contributed by atoms with Crippen molar-refractivity contribution in [3.8, 4) is 16.9 Å². The van der Waals surface area contributed by atoms with Crippen molar-refractivity contribution in [1.29, 1.82) is 0 Å². The maximum atomic E-state index is 13.6. The van der Waals surface area contributed by atoms with Crippen molar-refractivity contribution in [2.45, 2.75) is 35.2 Å². The lowest BCUT2D eigenvalue weighted by atomic mass is 10.0. The highest BCUT2D eigenvalue weighted by Gasteiger charge is 2.39. The van der Waals surface area contributed by atoms with Crippen LogP contribution in [0.25, 0.3) is 22.2 Å². The number of sulfonamides is 2. The molecule has 2 atom stereocenters. The number of H-pyrrole nitrogens is 1. The first-order valence-electron chi connectivity index (χ1n) is 14.7. The zero-order chi connectivity index (χ0) is 36.3. The molecule has 262 valence electrons. The van der Waals surface area contributed by atoms with E-state index in [9.17, 15) is 34.8 Å². The van der Waals surface area contributed by atoms with Crippen molar-refractivity contribution in [3.05, 3.63) is 114 Å². The number of fused-ring (bicyclic) bond motifs is 1. The number of aromatic nitrogens is 2. The van der Waals surface area contributed by atoms with Crippen molar-refractivity contribution < 1.29 is 49.4 Å². The number of aromatic amines is 1. The minimum atomic E-state index is -5.08. The summed E-state index contributed by atoms with van der Waals surface area (Å²) in [5.41, 5.74) is 4.49. The third kappa shape index (κ3) is 8.47. The highest BCUT2D eigenvalue weighted by atomic mass is 32.2. The standard InChI is InChI=1S/C31H28N4O6S2.C2HF3O2/c1-41-24-14-10-21(11-15-24)22-12-16-25(17-13-22)42(37,38)34-28(31-32-26-4-2-3-5-27(26)33-31)18-20-6-8-23(9-7-20)29-19-30(36)35-43(29,39)40;3-2(4,5)1(6)7/h2-17,28-29,34H,18-19H2,1H3,(H,32,33)(H,35,36);(H,6,7). The quantitative estimate of drug-likeness (QED) is 0.162. The van der Waals surface area contributed by atoms with Crippen molar-refractivity contribution in [2.75, 3.05) is 7.11 Å². The van der Waals surface area contributed by atoms with Crippen molar-refractivity contribution in [1.82, 2.24) is 19.4 Å². The summed E-state index contributed by atoms with van der Waals surface area (Å²) in [6.45, 7) is 0. The maximum Gasteiger partial charge on any atom is 0.490 e. The van der Waals surface area contributed by atoms with Crippen LogP contribution in [0.2, 0.25) is 0 Å². The molecule has 6 rings (SSSR count). The monoisotopic (exact) mass is 730 g/mol. The number of ether oxygens (including phenoxy) is 1. The number of aliphatic carboxylic acids is 1. The van der Waals surface area contributed by atoms with Gasteiger partial charge in [0.2, 0.25) is 26.0 Å². The zero-order valence-corrected chi connectivity index (χ0v) is 27.6. The largest absolute Gasteiger partial charge is 0.497 e. The number of methoxy groups -OCH3 is 1. The predicted molar refractivity (Wildman–Crippen MR) is 176 cm³/mol. The van der Waals surface area contributed by atoms with Crippen LogP contribution in [0.4, 0.5) is 13.2 Å². The Labute approximate surface area is 284 Å². The molecular weight excluding hydrogens is 702 g/mol. The molecule has 0 radical (unpaired) electrons. The lowest BCUT2D eigenvalue weighted by molar-refractivity contribution is -0.192. The number of amides is 1. The van der Waals surface area contributed by atoms with Gasteiger partial charge in [0.1, 0.15) is 16.8 Å². The summed E-state index contributed by atoms with van der Waals surface area (Å²) in [6.07, 6.45) is -4.99. The number of halogens is 3. The van der Waals surface area contributed by atoms with E-state index in [1.54, 1.807) is 55.6 Å². The van der Waals surface area contributed by atoms with E-state index in [1.807, 2.05) is 53.3 Å². The molecule has 17 heteroatoms. The lowest BCUT2D eigenvalue weighted by Crippen LogP contribution is -2.31. The van der Waals surface area contributed by atoms with Crippen LogP contribution >= 0.6 is 0 Å². The minimum absolute atomic E-state index is 0.102. The van der Waals surface area contributed by atoms with E-state index in [2.05, 4.69) is 14.7 Å². The minimum Gasteiger partial charge on any atom is -0.497 e. The molecule has 1 aromatic heterocycles. The van der Waals surface area contributed by atoms with Crippen LogP contribution in [0.5, 0.6) is 5.75 Å². The first-order chi connectivity index (χ1) is 23.6. The van der Waals surface area contributed by atoms with Gasteiger partial charge in [0, 0.05) is 0 Å². The van der Waals surface area contributed by atoms with Gasteiger partial charge in [0.15, 0.2) is 0 Å². The summed E-state index contributed by atoms with van der Waals surface area (Å²) < 4.78 is 93.6. The molecule has 1 amide bonds. The number of alkyl halides is 3. The molecule has 4 aromatic carbocycles. The number of rotatable bonds is 9. The number of nitrogens with one attached hydrogen (secondary N) is 3. The number of carbonyl (C=O) groups excluding carboxylic acids is 1. The molecule has 0 saturated carbocycles. The highest BCUT2D eigenvalue weighted by molar-refractivity contribution is 7.90. The topological polar surface area (TPSA) is 185 Å². The SMILES string of the molecule is COc1ccc(-c2ccc(S(=O)(=O)NC(Cc3ccc(C4CC(=O)NS4(=O)=O)cc3)c3nc4ccccc4[nH]3)cc2)cc1.O=C(O)C(F)(F)F. The van der Waals surface area contributed by atoms with Crippen LogP contribution < -0.4 is 14.2 Å². The Morgan fingerprint density at radius 3 is 2.08 bits per heavy atom. The number of imidazole rings is 1. The maximum absolute atomic E-state index is 13.6. The van der Waals surface area contributed by atoms with E-state index in [1.165, 1.54) is 0 Å². The molecule has 2 unspecified atom stereocenters. The van der Waals surface area contributed by atoms with Crippen molar-refractivity contribution in [3.63, 3.8) is 0 Å². The lowest BCUT2D eigenvalue weighted by Gasteiger charge is -2.18. The normalized spacial score (nSPS) is 16.2. The van der Waals surface area contributed by atoms with E-state index in [4.69, 9.17) is 14.6 Å². The number of para-hydroxylation sites is 2. The first kappa shape index (κ1) is 36.0. The summed E-state index contributed by atoms with van der Waals surface area (Å²) in [6, 6.07) is 27.5. The Morgan fingerprint density at radius 1 is 0.980 bits per heavy atom. The van der Waals surface area contributed by atoms with E-state index < -0.39 is 49.4 Å². The average molecular weight is 731 g/mol. The van der Waals surface area contributed by atoms with Gasteiger partial charge in [0.25, 0.3) is 0 Å². The third-order valence-electron chi connectivity index (χ3n) is 7.66. The Hall–Kier alpha value is -5.26. The van der Waals surface area contributed by atoms with E-state index in [0.717, 1.165) is 28.0 Å². The summed E-state index contributed by atoms with van der Waals surface area (Å²) >= 11 is 0. The summed E-state index contributed by atoms with van der Waals surface area (Å²) in [5.74, 6) is -2.12. The van der Waals surface area contributed by atoms with E-state index in [0.29, 0.717) is 16.9 Å². The molecule has 5 aromatic rings. The Kier molecular flexibility index (Phi) is 10.3. The zero-order valence-electron chi connectivity index (χ0n) is 26.0. The highest BCUT2D eigenvalue weighted by Crippen LogP contribution is 2.31. The smallest absolute Gasteiger partial charge is 0.490 e. The van der Waals surface area contributed by atoms with Crippen LogP contribution in [0.1, 0.15) is 34.7 Å². The molecule has 0 bridgehead atoms. The van der Waals surface area contributed by atoms with Gasteiger partial charge in [-0.1, -0.05) is 60.7 Å². The molecule has 1 fully saturated rings. The predicted octanol–water partition coefficient (Wildman–Crippen LogP) is 5.02. The van der Waals surface area contributed by atoms with Crippen LogP contribution in [0, 0.1) is 0 Å². The van der Waals surface area contributed by atoms with Gasteiger partial charge in [-0.3, -0.25) is 9.52 Å². The van der Waals surface area contributed by atoms with E-state index in [-0.39, 0.29) is 17.7 Å². The molecule has 4 N–H and O–H groups in total. The molecule has 1 saturated heterocycles. The number of hydrogen-bond acceptors (Lipinski definition) is 8. The van der Waals surface area contributed by atoms with E-state index >= 15 is 0 Å². The van der Waals surface area contributed by atoms with Gasteiger partial charge in [-0.2, -0.15) is 13.2 Å². The van der Waals surface area contributed by atoms with Crippen LogP contribution in [0.3, 0.4) is 0 Å². The number of hydrogen-bond donors (Lipinski definition) is 4. The summed E-state index contributed by atoms with van der Waals surface area (Å²) in [4.78, 5) is 28.6. The average Bonchev–Trinajstić information content (AvgIpc) is 3.63. The molecule has 1 aliphatic rings. The van der Waals surface area contributed by atoms with Crippen LogP contribution in [-0.2, 0) is 36.1 Å². The fourth-order valence-electron chi connectivity index (χ4n) is 5.15. The van der Waals surface area contributed by atoms with Crippen LogP contribution in [0.15, 0.2) is 102 Å². The fourth-order valence-corrected chi connectivity index (χ4v) is 7.78. The summed E-state index contributed by atoms with van der Waals surface area (Å²) in [7, 11) is -6.15. The molecule has 0 spiro atoms. The number of carboxylic acids is 1. The molecule has 12 nitrogen and oxygen atoms in total. The van der Waals surface area contributed by atoms with Gasteiger partial charge in [-0.05, 0) is 65.1 Å². The molecule has 0 aliphatic carbocycles. The Balaban J connectivity index is 0.000000630. The molecule has 2 heterocycles. The second-order valence-electron chi connectivity index (χ2n) is 11.1. The Bertz CT molecular complexity index is 2190. The molecule has 1 aliphatic heterocycles. The van der Waals surface area contributed by atoms with Gasteiger partial charge in [0.05, 0.1) is 35.5 Å². The Morgan fingerprint density at radius 2 is 1.56 bits per heavy atom. The van der Waals surface area contributed by atoms with Gasteiger partial charge < -0.3 is 14.8 Å².